The zero-order valence-electron chi connectivity index (χ0n) is 21.0. The molecule has 0 saturated carbocycles. The summed E-state index contributed by atoms with van der Waals surface area (Å²) >= 11 is 0. The second kappa shape index (κ2) is 9.21. The number of para-hydroxylation sites is 1. The third-order valence-corrected chi connectivity index (χ3v) is 7.76. The minimum Gasteiger partial charge on any atom is -0.355 e. The highest BCUT2D eigenvalue weighted by molar-refractivity contribution is 5.88. The monoisotopic (exact) mass is 485 g/mol. The molecule has 0 aromatic heterocycles. The predicted octanol–water partition coefficient (Wildman–Crippen LogP) is 9.46. The van der Waals surface area contributed by atoms with E-state index in [9.17, 15) is 0 Å². The second-order valence-electron chi connectivity index (χ2n) is 9.82. The van der Waals surface area contributed by atoms with Crippen molar-refractivity contribution in [2.75, 3.05) is 5.32 Å². The molecule has 0 radical (unpaired) electrons. The molecule has 0 saturated heterocycles. The normalized spacial score (nSPS) is 12.9. The summed E-state index contributed by atoms with van der Waals surface area (Å²) in [5.41, 5.74) is 11.9. The van der Waals surface area contributed by atoms with Crippen LogP contribution in [-0.2, 0) is 5.41 Å². The third kappa shape index (κ3) is 3.48. The van der Waals surface area contributed by atoms with Gasteiger partial charge in [-0.2, -0.15) is 0 Å². The molecule has 7 rings (SSSR count). The van der Waals surface area contributed by atoms with E-state index in [-0.39, 0.29) is 0 Å². The summed E-state index contributed by atoms with van der Waals surface area (Å²) in [4.78, 5) is 0. The SMILES string of the molecule is c1ccc(-c2ccc(Nc3ccccc3C3(c4ccccc4)c4ccccc4-c4ccccc43)cc2)cc1. The average Bonchev–Trinajstić information content (AvgIpc) is 3.30. The van der Waals surface area contributed by atoms with Crippen LogP contribution in [0.1, 0.15) is 22.3 Å². The molecular formula is C37H27N. The van der Waals surface area contributed by atoms with Crippen molar-refractivity contribution in [3.63, 3.8) is 0 Å². The van der Waals surface area contributed by atoms with E-state index in [1.807, 2.05) is 0 Å². The Morgan fingerprint density at radius 1 is 0.368 bits per heavy atom. The van der Waals surface area contributed by atoms with E-state index in [0.717, 1.165) is 11.4 Å². The second-order valence-corrected chi connectivity index (χ2v) is 9.82. The molecule has 0 spiro atoms. The van der Waals surface area contributed by atoms with Gasteiger partial charge in [0, 0.05) is 11.4 Å². The van der Waals surface area contributed by atoms with Gasteiger partial charge in [-0.05, 0) is 62.7 Å². The highest BCUT2D eigenvalue weighted by Gasteiger charge is 2.46. The Bertz CT molecular complexity index is 1670. The lowest BCUT2D eigenvalue weighted by Gasteiger charge is -2.35. The molecule has 0 unspecified atom stereocenters. The summed E-state index contributed by atoms with van der Waals surface area (Å²) in [6.07, 6.45) is 0. The summed E-state index contributed by atoms with van der Waals surface area (Å²) in [5, 5.41) is 3.78. The molecule has 0 atom stereocenters. The van der Waals surface area contributed by atoms with Crippen molar-refractivity contribution in [2.45, 2.75) is 5.41 Å². The smallest absolute Gasteiger partial charge is 0.0733 e. The highest BCUT2D eigenvalue weighted by Crippen LogP contribution is 2.57. The van der Waals surface area contributed by atoms with Crippen molar-refractivity contribution >= 4 is 11.4 Å². The molecule has 1 nitrogen and oxygen atoms in total. The molecule has 1 heteroatoms. The Hall–Kier alpha value is -4.88. The van der Waals surface area contributed by atoms with Gasteiger partial charge in [-0.1, -0.05) is 140 Å². The van der Waals surface area contributed by atoms with Gasteiger partial charge in [-0.3, -0.25) is 0 Å². The van der Waals surface area contributed by atoms with Crippen molar-refractivity contribution in [2.24, 2.45) is 0 Å². The van der Waals surface area contributed by atoms with Gasteiger partial charge < -0.3 is 5.32 Å². The molecule has 1 N–H and O–H groups in total. The fourth-order valence-corrected chi connectivity index (χ4v) is 6.13. The zero-order valence-corrected chi connectivity index (χ0v) is 21.0. The molecular weight excluding hydrogens is 458 g/mol. The molecule has 0 amide bonds. The lowest BCUT2D eigenvalue weighted by atomic mass is 9.67. The number of nitrogens with one attached hydrogen (secondary N) is 1. The first-order chi connectivity index (χ1) is 18.9. The number of rotatable bonds is 5. The molecule has 1 aliphatic rings. The molecule has 1 aliphatic carbocycles. The van der Waals surface area contributed by atoms with Crippen LogP contribution in [0.15, 0.2) is 158 Å². The van der Waals surface area contributed by atoms with E-state index in [4.69, 9.17) is 0 Å². The number of anilines is 2. The summed E-state index contributed by atoms with van der Waals surface area (Å²) in [5.74, 6) is 0. The van der Waals surface area contributed by atoms with Crippen molar-refractivity contribution in [3.8, 4) is 22.3 Å². The Morgan fingerprint density at radius 3 is 1.47 bits per heavy atom. The summed E-state index contributed by atoms with van der Waals surface area (Å²) in [6.45, 7) is 0. The molecule has 0 heterocycles. The van der Waals surface area contributed by atoms with Gasteiger partial charge in [0.15, 0.2) is 0 Å². The van der Waals surface area contributed by atoms with Gasteiger partial charge in [-0.25, -0.2) is 0 Å². The fourth-order valence-electron chi connectivity index (χ4n) is 6.13. The first kappa shape index (κ1) is 22.3. The van der Waals surface area contributed by atoms with Crippen LogP contribution in [0.2, 0.25) is 0 Å². The number of fused-ring (bicyclic) bond motifs is 3. The molecule has 0 bridgehead atoms. The minimum absolute atomic E-state index is 0.429. The summed E-state index contributed by atoms with van der Waals surface area (Å²) in [6, 6.07) is 56.7. The van der Waals surface area contributed by atoms with Crippen LogP contribution in [0.25, 0.3) is 22.3 Å². The maximum absolute atomic E-state index is 3.78. The first-order valence-electron chi connectivity index (χ1n) is 13.1. The van der Waals surface area contributed by atoms with Crippen LogP contribution in [-0.4, -0.2) is 0 Å². The third-order valence-electron chi connectivity index (χ3n) is 7.76. The topological polar surface area (TPSA) is 12.0 Å². The maximum atomic E-state index is 3.78. The fraction of sp³-hybridized carbons (Fsp3) is 0.0270. The van der Waals surface area contributed by atoms with Crippen LogP contribution >= 0.6 is 0 Å². The first-order valence-corrected chi connectivity index (χ1v) is 13.1. The van der Waals surface area contributed by atoms with E-state index in [1.165, 1.54) is 44.5 Å². The quantitative estimate of drug-likeness (QED) is 0.256. The zero-order chi connectivity index (χ0) is 25.4. The van der Waals surface area contributed by atoms with Gasteiger partial charge in [0.2, 0.25) is 0 Å². The average molecular weight is 486 g/mol. The van der Waals surface area contributed by atoms with Gasteiger partial charge in [0.1, 0.15) is 0 Å². The Morgan fingerprint density at radius 2 is 0.842 bits per heavy atom. The van der Waals surface area contributed by atoms with Gasteiger partial charge in [0.25, 0.3) is 0 Å². The lowest BCUT2D eigenvalue weighted by Crippen LogP contribution is -2.29. The van der Waals surface area contributed by atoms with Crippen molar-refractivity contribution in [3.05, 3.63) is 180 Å². The molecule has 180 valence electrons. The van der Waals surface area contributed by atoms with Crippen LogP contribution in [0, 0.1) is 0 Å². The van der Waals surface area contributed by atoms with E-state index in [2.05, 4.69) is 163 Å². The molecule has 38 heavy (non-hydrogen) atoms. The summed E-state index contributed by atoms with van der Waals surface area (Å²) in [7, 11) is 0. The lowest BCUT2D eigenvalue weighted by molar-refractivity contribution is 0.771. The van der Waals surface area contributed by atoms with Crippen LogP contribution in [0.5, 0.6) is 0 Å². The molecule has 0 aliphatic heterocycles. The van der Waals surface area contributed by atoms with Gasteiger partial charge >= 0.3 is 0 Å². The Balaban J connectivity index is 1.41. The molecule has 6 aromatic carbocycles. The van der Waals surface area contributed by atoms with Crippen molar-refractivity contribution in [1.29, 1.82) is 0 Å². The minimum atomic E-state index is -0.429. The van der Waals surface area contributed by atoms with E-state index in [0.29, 0.717) is 0 Å². The largest absolute Gasteiger partial charge is 0.355 e. The van der Waals surface area contributed by atoms with Crippen molar-refractivity contribution in [1.82, 2.24) is 0 Å². The Kier molecular flexibility index (Phi) is 5.41. The standard InChI is InChI=1S/C37H27N/c1-3-13-27(14-4-1)28-23-25-30(26-24-28)38-36-22-12-11-21-35(36)37(29-15-5-2-6-16-29)33-19-9-7-17-31(33)32-18-8-10-20-34(32)37/h1-26,38H. The maximum Gasteiger partial charge on any atom is 0.0733 e. The molecule has 0 fully saturated rings. The van der Waals surface area contributed by atoms with Crippen LogP contribution in [0.4, 0.5) is 11.4 Å². The van der Waals surface area contributed by atoms with Crippen LogP contribution in [0.3, 0.4) is 0 Å². The van der Waals surface area contributed by atoms with Gasteiger partial charge in [-0.15, -0.1) is 0 Å². The number of benzene rings is 6. The molecule has 6 aromatic rings. The van der Waals surface area contributed by atoms with E-state index < -0.39 is 5.41 Å². The van der Waals surface area contributed by atoms with Crippen LogP contribution < -0.4 is 5.32 Å². The van der Waals surface area contributed by atoms with E-state index >= 15 is 0 Å². The van der Waals surface area contributed by atoms with E-state index in [1.54, 1.807) is 0 Å². The summed E-state index contributed by atoms with van der Waals surface area (Å²) < 4.78 is 0. The van der Waals surface area contributed by atoms with Gasteiger partial charge in [0.05, 0.1) is 5.41 Å². The number of hydrogen-bond acceptors (Lipinski definition) is 1. The van der Waals surface area contributed by atoms with Crippen molar-refractivity contribution < 1.29 is 0 Å². The number of hydrogen-bond donors (Lipinski definition) is 1. The highest BCUT2D eigenvalue weighted by atomic mass is 14.9. The Labute approximate surface area is 224 Å². The predicted molar refractivity (Wildman–Crippen MR) is 159 cm³/mol.